The molecular formula is C23H24N6O2. The first-order valence-electron chi connectivity index (χ1n) is 10.5. The van der Waals surface area contributed by atoms with Gasteiger partial charge in [0.25, 0.3) is 5.91 Å². The number of H-pyrrole nitrogens is 2. The predicted molar refractivity (Wildman–Crippen MR) is 119 cm³/mol. The minimum Gasteiger partial charge on any atom is -0.491 e. The van der Waals surface area contributed by atoms with Crippen LogP contribution in [0.15, 0.2) is 54.7 Å². The summed E-state index contributed by atoms with van der Waals surface area (Å²) in [5, 5.41) is 10.0. The first kappa shape index (κ1) is 19.3. The number of nitrogens with zero attached hydrogens (tertiary/aromatic N) is 3. The highest BCUT2D eigenvalue weighted by Gasteiger charge is 2.18. The molecule has 1 aliphatic heterocycles. The quantitative estimate of drug-likeness (QED) is 0.427. The van der Waals surface area contributed by atoms with Crippen LogP contribution in [0.3, 0.4) is 0 Å². The summed E-state index contributed by atoms with van der Waals surface area (Å²) in [7, 11) is 0. The van der Waals surface area contributed by atoms with Crippen LogP contribution in [-0.4, -0.2) is 57.2 Å². The average Bonchev–Trinajstić information content (AvgIpc) is 3.54. The number of amides is 1. The maximum Gasteiger partial charge on any atom is 0.259 e. The van der Waals surface area contributed by atoms with Crippen molar-refractivity contribution in [3.05, 3.63) is 60.3 Å². The molecule has 1 fully saturated rings. The fourth-order valence-electron chi connectivity index (χ4n) is 3.89. The Hall–Kier alpha value is -3.65. The van der Waals surface area contributed by atoms with Gasteiger partial charge in [0, 0.05) is 12.7 Å². The molecule has 3 N–H and O–H groups in total. The molecule has 0 saturated carbocycles. The molecule has 158 valence electrons. The standard InChI is InChI=1S/C23H24N6O2/c30-23(16-7-1-4-10-20(16)31-14-13-29-11-5-6-12-29)27-19-15-24-28-21(19)22-25-17-8-2-3-9-18(17)26-22/h1-4,7-10,15H,5-6,11-14H2,(H,24,28)(H,25,26)(H,27,30). The molecule has 0 atom stereocenters. The van der Waals surface area contributed by atoms with E-state index in [1.54, 1.807) is 12.3 Å². The van der Waals surface area contributed by atoms with Crippen LogP contribution < -0.4 is 10.1 Å². The lowest BCUT2D eigenvalue weighted by Crippen LogP contribution is -2.25. The summed E-state index contributed by atoms with van der Waals surface area (Å²) in [5.41, 5.74) is 3.35. The van der Waals surface area contributed by atoms with Crippen molar-refractivity contribution < 1.29 is 9.53 Å². The zero-order valence-corrected chi connectivity index (χ0v) is 17.1. The molecule has 0 bridgehead atoms. The number of imidazole rings is 1. The summed E-state index contributed by atoms with van der Waals surface area (Å²) < 4.78 is 5.95. The minimum absolute atomic E-state index is 0.254. The van der Waals surface area contributed by atoms with Crippen molar-refractivity contribution in [2.75, 3.05) is 31.6 Å². The number of hydrogen-bond acceptors (Lipinski definition) is 5. The fraction of sp³-hybridized carbons (Fsp3) is 0.261. The number of rotatable bonds is 7. The third kappa shape index (κ3) is 4.15. The molecule has 4 aromatic rings. The first-order valence-corrected chi connectivity index (χ1v) is 10.5. The van der Waals surface area contributed by atoms with E-state index in [1.165, 1.54) is 12.8 Å². The molecule has 8 nitrogen and oxygen atoms in total. The maximum absolute atomic E-state index is 13.0. The lowest BCUT2D eigenvalue weighted by molar-refractivity contribution is 0.102. The first-order chi connectivity index (χ1) is 15.3. The van der Waals surface area contributed by atoms with Gasteiger partial charge in [0.2, 0.25) is 0 Å². The lowest BCUT2D eigenvalue weighted by Gasteiger charge is -2.16. The van der Waals surface area contributed by atoms with Crippen molar-refractivity contribution in [3.63, 3.8) is 0 Å². The van der Waals surface area contributed by atoms with Gasteiger partial charge in [-0.3, -0.25) is 14.8 Å². The molecule has 3 heterocycles. The zero-order chi connectivity index (χ0) is 21.0. The van der Waals surface area contributed by atoms with Crippen LogP contribution in [0.2, 0.25) is 0 Å². The molecule has 0 spiro atoms. The average molecular weight is 416 g/mol. The summed E-state index contributed by atoms with van der Waals surface area (Å²) >= 11 is 0. The van der Waals surface area contributed by atoms with E-state index in [0.717, 1.165) is 30.7 Å². The normalized spacial score (nSPS) is 14.2. The van der Waals surface area contributed by atoms with Crippen molar-refractivity contribution in [1.82, 2.24) is 25.1 Å². The summed E-state index contributed by atoms with van der Waals surface area (Å²) in [4.78, 5) is 23.2. The number of aromatic nitrogens is 4. The topological polar surface area (TPSA) is 98.9 Å². The Balaban J connectivity index is 1.31. The molecule has 1 aliphatic rings. The second-order valence-electron chi connectivity index (χ2n) is 7.60. The van der Waals surface area contributed by atoms with E-state index in [9.17, 15) is 4.79 Å². The monoisotopic (exact) mass is 416 g/mol. The van der Waals surface area contributed by atoms with Crippen LogP contribution in [0, 0.1) is 0 Å². The number of para-hydroxylation sites is 3. The highest BCUT2D eigenvalue weighted by atomic mass is 16.5. The van der Waals surface area contributed by atoms with Crippen LogP contribution in [-0.2, 0) is 0 Å². The van der Waals surface area contributed by atoms with E-state index >= 15 is 0 Å². The number of anilines is 1. The second-order valence-corrected chi connectivity index (χ2v) is 7.60. The van der Waals surface area contributed by atoms with Gasteiger partial charge >= 0.3 is 0 Å². The Labute approximate surface area is 179 Å². The Kier molecular flexibility index (Phi) is 5.37. The fourth-order valence-corrected chi connectivity index (χ4v) is 3.89. The van der Waals surface area contributed by atoms with Crippen LogP contribution >= 0.6 is 0 Å². The third-order valence-corrected chi connectivity index (χ3v) is 5.50. The van der Waals surface area contributed by atoms with Gasteiger partial charge < -0.3 is 15.0 Å². The number of aromatic amines is 2. The summed E-state index contributed by atoms with van der Waals surface area (Å²) in [5.74, 6) is 0.913. The Bertz CT molecular complexity index is 1160. The van der Waals surface area contributed by atoms with E-state index in [-0.39, 0.29) is 5.91 Å². The molecule has 1 saturated heterocycles. The molecule has 31 heavy (non-hydrogen) atoms. The molecule has 2 aromatic heterocycles. The van der Waals surface area contributed by atoms with E-state index in [0.29, 0.717) is 35.1 Å². The van der Waals surface area contributed by atoms with Gasteiger partial charge in [0.1, 0.15) is 12.4 Å². The molecular weight excluding hydrogens is 392 g/mol. The number of carbonyl (C=O) groups is 1. The van der Waals surface area contributed by atoms with Crippen LogP contribution in [0.5, 0.6) is 5.75 Å². The van der Waals surface area contributed by atoms with Gasteiger partial charge in [-0.1, -0.05) is 24.3 Å². The Morgan fingerprint density at radius 2 is 1.90 bits per heavy atom. The molecule has 0 radical (unpaired) electrons. The summed E-state index contributed by atoms with van der Waals surface area (Å²) in [6.07, 6.45) is 4.14. The van der Waals surface area contributed by atoms with Crippen molar-refractivity contribution in [3.8, 4) is 17.3 Å². The van der Waals surface area contributed by atoms with Gasteiger partial charge in [-0.05, 0) is 50.2 Å². The van der Waals surface area contributed by atoms with Gasteiger partial charge in [0.15, 0.2) is 11.5 Å². The predicted octanol–water partition coefficient (Wildman–Crippen LogP) is 3.68. The van der Waals surface area contributed by atoms with Crippen LogP contribution in [0.1, 0.15) is 23.2 Å². The number of likely N-dealkylation sites (tertiary alicyclic amines) is 1. The number of benzene rings is 2. The minimum atomic E-state index is -0.254. The molecule has 2 aromatic carbocycles. The van der Waals surface area contributed by atoms with Crippen molar-refractivity contribution in [1.29, 1.82) is 0 Å². The summed E-state index contributed by atoms with van der Waals surface area (Å²) in [6, 6.07) is 15.1. The molecule has 0 aliphatic carbocycles. The highest BCUT2D eigenvalue weighted by molar-refractivity contribution is 6.07. The Morgan fingerprint density at radius 1 is 1.10 bits per heavy atom. The van der Waals surface area contributed by atoms with Gasteiger partial charge in [-0.25, -0.2) is 4.98 Å². The van der Waals surface area contributed by atoms with Crippen molar-refractivity contribution in [2.24, 2.45) is 0 Å². The molecule has 8 heteroatoms. The highest BCUT2D eigenvalue weighted by Crippen LogP contribution is 2.27. The second kappa shape index (κ2) is 8.61. The van der Waals surface area contributed by atoms with Crippen LogP contribution in [0.25, 0.3) is 22.6 Å². The van der Waals surface area contributed by atoms with Gasteiger partial charge in [0.05, 0.1) is 22.3 Å². The van der Waals surface area contributed by atoms with E-state index in [1.807, 2.05) is 42.5 Å². The number of fused-ring (bicyclic) bond motifs is 1. The van der Waals surface area contributed by atoms with Crippen molar-refractivity contribution in [2.45, 2.75) is 12.8 Å². The van der Waals surface area contributed by atoms with E-state index in [2.05, 4.69) is 30.4 Å². The van der Waals surface area contributed by atoms with Gasteiger partial charge in [-0.15, -0.1) is 0 Å². The number of carbonyl (C=O) groups excluding carboxylic acids is 1. The number of ether oxygens (including phenoxy) is 1. The molecule has 0 unspecified atom stereocenters. The SMILES string of the molecule is O=C(Nc1c[nH]nc1-c1nc2ccccc2[nH]1)c1ccccc1OCCN1CCCC1. The maximum atomic E-state index is 13.0. The third-order valence-electron chi connectivity index (χ3n) is 5.50. The largest absolute Gasteiger partial charge is 0.491 e. The zero-order valence-electron chi connectivity index (χ0n) is 17.1. The van der Waals surface area contributed by atoms with E-state index < -0.39 is 0 Å². The number of nitrogens with one attached hydrogen (secondary N) is 3. The summed E-state index contributed by atoms with van der Waals surface area (Å²) in [6.45, 7) is 3.67. The van der Waals surface area contributed by atoms with Crippen LogP contribution in [0.4, 0.5) is 5.69 Å². The van der Waals surface area contributed by atoms with E-state index in [4.69, 9.17) is 4.74 Å². The lowest BCUT2D eigenvalue weighted by atomic mass is 10.2. The Morgan fingerprint density at radius 3 is 2.77 bits per heavy atom. The molecule has 1 amide bonds. The smallest absolute Gasteiger partial charge is 0.259 e. The van der Waals surface area contributed by atoms with Gasteiger partial charge in [-0.2, -0.15) is 5.10 Å². The number of hydrogen-bond donors (Lipinski definition) is 3. The van der Waals surface area contributed by atoms with Crippen molar-refractivity contribution >= 4 is 22.6 Å². The molecule has 5 rings (SSSR count).